The smallest absolute Gasteiger partial charge is 0.115 e. The van der Waals surface area contributed by atoms with Crippen LogP contribution < -0.4 is 0 Å². The third-order valence-corrected chi connectivity index (χ3v) is 11.3. The minimum atomic E-state index is 0.190. The first-order chi connectivity index (χ1) is 21.5. The summed E-state index contributed by atoms with van der Waals surface area (Å²) in [6.07, 6.45) is 23.7. The van der Waals surface area contributed by atoms with E-state index in [4.69, 9.17) is 0 Å². The van der Waals surface area contributed by atoms with Crippen molar-refractivity contribution >= 4 is 0 Å². The van der Waals surface area contributed by atoms with Crippen LogP contribution in [0.1, 0.15) is 141 Å². The molecule has 4 nitrogen and oxygen atoms in total. The van der Waals surface area contributed by atoms with Crippen molar-refractivity contribution < 1.29 is 10.2 Å². The van der Waals surface area contributed by atoms with Gasteiger partial charge in [-0.05, 0) is 113 Å². The summed E-state index contributed by atoms with van der Waals surface area (Å²) in [5, 5.41) is 20.2. The Balaban J connectivity index is 1.05. The van der Waals surface area contributed by atoms with Gasteiger partial charge in [0.25, 0.3) is 0 Å². The van der Waals surface area contributed by atoms with Crippen molar-refractivity contribution in [2.24, 2.45) is 0 Å². The lowest BCUT2D eigenvalue weighted by Gasteiger charge is -2.36. The minimum absolute atomic E-state index is 0.190. The molecule has 0 aromatic heterocycles. The van der Waals surface area contributed by atoms with Gasteiger partial charge in [0.15, 0.2) is 0 Å². The lowest BCUT2D eigenvalue weighted by molar-refractivity contribution is 0.213. The van der Waals surface area contributed by atoms with Gasteiger partial charge in [-0.25, -0.2) is 0 Å². The molecule has 0 aliphatic carbocycles. The van der Waals surface area contributed by atoms with Gasteiger partial charge in [-0.15, -0.1) is 0 Å². The summed E-state index contributed by atoms with van der Waals surface area (Å²) in [6.45, 7) is 11.9. The zero-order valence-electron chi connectivity index (χ0n) is 28.4. The normalized spacial score (nSPS) is 23.8. The van der Waals surface area contributed by atoms with E-state index in [0.29, 0.717) is 11.5 Å². The van der Waals surface area contributed by atoms with Crippen LogP contribution in [-0.2, 0) is 10.8 Å². The summed E-state index contributed by atoms with van der Waals surface area (Å²) in [7, 11) is 0. The van der Waals surface area contributed by atoms with Gasteiger partial charge < -0.3 is 20.0 Å². The molecule has 0 saturated carbocycles. The number of hydrogen-bond donors (Lipinski definition) is 2. The van der Waals surface area contributed by atoms with Gasteiger partial charge >= 0.3 is 0 Å². The van der Waals surface area contributed by atoms with Crippen LogP contribution in [0.5, 0.6) is 11.5 Å². The number of unbranched alkanes of at least 4 members (excludes halogenated alkanes) is 9. The standard InChI is InChI=1S/C40H64N2O2/c1-3-39(35-21-19-23-37(43)31-35)25-13-17-29-41(33-39)27-15-11-9-7-5-6-8-10-12-16-28-42-30-18-14-26-40(4-2,34-42)36-22-20-24-38(44)32-36/h19-24,31-32,43-44H,3-18,25-30,33-34H2,1-2H3. The molecular formula is C40H64N2O2. The van der Waals surface area contributed by atoms with E-state index in [1.807, 2.05) is 24.3 Å². The topological polar surface area (TPSA) is 46.9 Å². The highest BCUT2D eigenvalue weighted by molar-refractivity contribution is 5.34. The van der Waals surface area contributed by atoms with Crippen LogP contribution in [0, 0.1) is 0 Å². The third kappa shape index (κ3) is 10.2. The summed E-state index contributed by atoms with van der Waals surface area (Å²) < 4.78 is 0. The first-order valence-corrected chi connectivity index (χ1v) is 18.5. The average Bonchev–Trinajstić information content (AvgIpc) is 3.39. The molecule has 2 aliphatic heterocycles. The predicted octanol–water partition coefficient (Wildman–Crippen LogP) is 9.97. The fraction of sp³-hybridized carbons (Fsp3) is 0.700. The highest BCUT2D eigenvalue weighted by atomic mass is 16.3. The number of nitrogens with zero attached hydrogens (tertiary/aromatic N) is 2. The van der Waals surface area contributed by atoms with Crippen LogP contribution in [0.15, 0.2) is 48.5 Å². The van der Waals surface area contributed by atoms with Gasteiger partial charge in [0, 0.05) is 23.9 Å². The van der Waals surface area contributed by atoms with Gasteiger partial charge in [0.05, 0.1) is 0 Å². The lowest BCUT2D eigenvalue weighted by atomic mass is 9.74. The molecule has 2 atom stereocenters. The molecule has 2 N–H and O–H groups in total. The number of rotatable bonds is 17. The van der Waals surface area contributed by atoms with Gasteiger partial charge in [-0.1, -0.05) is 102 Å². The Hall–Kier alpha value is -2.04. The second-order valence-electron chi connectivity index (χ2n) is 14.4. The lowest BCUT2D eigenvalue weighted by Crippen LogP contribution is -2.39. The van der Waals surface area contributed by atoms with Crippen LogP contribution in [0.25, 0.3) is 0 Å². The van der Waals surface area contributed by atoms with E-state index in [-0.39, 0.29) is 10.8 Å². The summed E-state index contributed by atoms with van der Waals surface area (Å²) in [6, 6.07) is 16.1. The number of likely N-dealkylation sites (tertiary alicyclic amines) is 2. The SMILES string of the molecule is CCC1(c2cccc(O)c2)CCCCN(CCCCCCCCCCCCN2CCCCC(CC)(c3cccc(O)c3)C2)C1. The Kier molecular flexibility index (Phi) is 14.4. The molecule has 2 saturated heterocycles. The molecule has 2 fully saturated rings. The molecule has 2 aliphatic rings. The van der Waals surface area contributed by atoms with E-state index in [1.54, 1.807) is 12.1 Å². The van der Waals surface area contributed by atoms with E-state index in [1.165, 1.54) is 140 Å². The minimum Gasteiger partial charge on any atom is -0.508 e. The number of hydrogen-bond acceptors (Lipinski definition) is 4. The molecule has 44 heavy (non-hydrogen) atoms. The van der Waals surface area contributed by atoms with Gasteiger partial charge in [0.1, 0.15) is 11.5 Å². The molecule has 2 aromatic carbocycles. The quantitative estimate of drug-likeness (QED) is 0.176. The average molecular weight is 605 g/mol. The fourth-order valence-electron chi connectivity index (χ4n) is 8.36. The van der Waals surface area contributed by atoms with Crippen LogP contribution in [0.2, 0.25) is 0 Å². The Morgan fingerprint density at radius 2 is 0.932 bits per heavy atom. The Morgan fingerprint density at radius 3 is 1.30 bits per heavy atom. The maximum atomic E-state index is 10.1. The zero-order chi connectivity index (χ0) is 31.1. The van der Waals surface area contributed by atoms with Crippen molar-refractivity contribution in [2.75, 3.05) is 39.3 Å². The van der Waals surface area contributed by atoms with Crippen molar-refractivity contribution in [3.05, 3.63) is 59.7 Å². The van der Waals surface area contributed by atoms with E-state index < -0.39 is 0 Å². The monoisotopic (exact) mass is 604 g/mol. The van der Waals surface area contributed by atoms with Crippen LogP contribution in [0.3, 0.4) is 0 Å². The second-order valence-corrected chi connectivity index (χ2v) is 14.4. The molecule has 2 heterocycles. The Labute approximate surface area is 270 Å². The van der Waals surface area contributed by atoms with Crippen LogP contribution >= 0.6 is 0 Å². The molecular weight excluding hydrogens is 540 g/mol. The highest BCUT2D eigenvalue weighted by Crippen LogP contribution is 2.39. The molecule has 4 rings (SSSR count). The number of aromatic hydroxyl groups is 2. The van der Waals surface area contributed by atoms with Crippen LogP contribution in [-0.4, -0.2) is 59.3 Å². The first-order valence-electron chi connectivity index (χ1n) is 18.5. The van der Waals surface area contributed by atoms with Gasteiger partial charge in [-0.2, -0.15) is 0 Å². The van der Waals surface area contributed by atoms with Crippen molar-refractivity contribution in [2.45, 2.75) is 140 Å². The molecule has 0 bridgehead atoms. The summed E-state index contributed by atoms with van der Waals surface area (Å²) in [5.41, 5.74) is 3.04. The highest BCUT2D eigenvalue weighted by Gasteiger charge is 2.35. The van der Waals surface area contributed by atoms with Gasteiger partial charge in [-0.3, -0.25) is 0 Å². The van der Waals surface area contributed by atoms with E-state index >= 15 is 0 Å². The van der Waals surface area contributed by atoms with Crippen molar-refractivity contribution in [1.29, 1.82) is 0 Å². The Bertz CT molecular complexity index is 1000. The van der Waals surface area contributed by atoms with E-state index in [9.17, 15) is 10.2 Å². The Morgan fingerprint density at radius 1 is 0.545 bits per heavy atom. The maximum absolute atomic E-state index is 10.1. The molecule has 4 heteroatoms. The summed E-state index contributed by atoms with van der Waals surface area (Å²) in [4.78, 5) is 5.45. The van der Waals surface area contributed by atoms with Crippen molar-refractivity contribution in [3.63, 3.8) is 0 Å². The van der Waals surface area contributed by atoms with E-state index in [2.05, 4.69) is 35.8 Å². The number of phenolic OH excluding ortho intramolecular Hbond substituents is 2. The molecule has 0 amide bonds. The largest absolute Gasteiger partial charge is 0.508 e. The fourth-order valence-corrected chi connectivity index (χ4v) is 8.36. The molecule has 2 aromatic rings. The predicted molar refractivity (Wildman–Crippen MR) is 187 cm³/mol. The van der Waals surface area contributed by atoms with E-state index in [0.717, 1.165) is 25.9 Å². The molecule has 0 radical (unpaired) electrons. The maximum Gasteiger partial charge on any atom is 0.115 e. The summed E-state index contributed by atoms with van der Waals surface area (Å²) >= 11 is 0. The van der Waals surface area contributed by atoms with Gasteiger partial charge in [0.2, 0.25) is 0 Å². The first kappa shape index (κ1) is 34.8. The van der Waals surface area contributed by atoms with Crippen LogP contribution in [0.4, 0.5) is 0 Å². The third-order valence-electron chi connectivity index (χ3n) is 11.3. The van der Waals surface area contributed by atoms with Crippen molar-refractivity contribution in [1.82, 2.24) is 9.80 Å². The molecule has 0 spiro atoms. The second kappa shape index (κ2) is 18.2. The molecule has 246 valence electrons. The summed E-state index contributed by atoms with van der Waals surface area (Å²) in [5.74, 6) is 0.813. The number of phenols is 2. The zero-order valence-corrected chi connectivity index (χ0v) is 28.4. The molecule has 2 unspecified atom stereocenters. The number of benzene rings is 2. The van der Waals surface area contributed by atoms with Crippen molar-refractivity contribution in [3.8, 4) is 11.5 Å².